The maximum atomic E-state index is 12.4. The summed E-state index contributed by atoms with van der Waals surface area (Å²) < 4.78 is 10.8. The van der Waals surface area contributed by atoms with E-state index in [1.165, 1.54) is 6.07 Å². The van der Waals surface area contributed by atoms with Gasteiger partial charge < -0.3 is 19.5 Å². The second-order valence-corrected chi connectivity index (χ2v) is 5.32. The Balaban J connectivity index is 2.29. The number of aromatic hydroxyl groups is 1. The zero-order valence-corrected chi connectivity index (χ0v) is 12.7. The number of nitrogens with zero attached hydrogens (tertiary/aromatic N) is 1. The highest BCUT2D eigenvalue weighted by atomic mass is 16.5. The van der Waals surface area contributed by atoms with Crippen LogP contribution in [0, 0.1) is 0 Å². The molecule has 0 amide bonds. The van der Waals surface area contributed by atoms with Crippen LogP contribution in [-0.2, 0) is 15.1 Å². The molecule has 2 N–H and O–H groups in total. The summed E-state index contributed by atoms with van der Waals surface area (Å²) in [5.41, 5.74) is -0.299. The fourth-order valence-electron chi connectivity index (χ4n) is 2.38. The third kappa shape index (κ3) is 3.11. The molecule has 0 radical (unpaired) electrons. The summed E-state index contributed by atoms with van der Waals surface area (Å²) in [6, 6.07) is 4.77. The molecule has 1 atom stereocenters. The molecule has 0 aromatic heterocycles. The first kappa shape index (κ1) is 15.6. The Labute approximate surface area is 124 Å². The molecule has 0 spiro atoms. The van der Waals surface area contributed by atoms with Crippen LogP contribution < -0.4 is 10.1 Å². The largest absolute Gasteiger partial charge is 0.508 e. The smallest absolute Gasteiger partial charge is 0.334 e. The van der Waals surface area contributed by atoms with Gasteiger partial charge in [-0.25, -0.2) is 4.79 Å². The second kappa shape index (κ2) is 6.32. The van der Waals surface area contributed by atoms with Gasteiger partial charge in [0.05, 0.1) is 6.61 Å². The monoisotopic (exact) mass is 294 g/mol. The molecule has 6 nitrogen and oxygen atoms in total. The molecule has 21 heavy (non-hydrogen) atoms. The molecule has 1 aromatic rings. The number of carbonyl (C=O) groups excluding carboxylic acids is 1. The maximum Gasteiger partial charge on any atom is 0.334 e. The van der Waals surface area contributed by atoms with E-state index in [9.17, 15) is 9.90 Å². The summed E-state index contributed by atoms with van der Waals surface area (Å²) >= 11 is 0. The van der Waals surface area contributed by atoms with Crippen LogP contribution in [0.1, 0.15) is 12.5 Å². The van der Waals surface area contributed by atoms with Crippen LogP contribution in [0.4, 0.5) is 0 Å². The predicted octanol–water partition coefficient (Wildman–Crippen LogP) is 0.694. The minimum Gasteiger partial charge on any atom is -0.508 e. The van der Waals surface area contributed by atoms with E-state index in [2.05, 4.69) is 5.32 Å². The Morgan fingerprint density at radius 3 is 2.95 bits per heavy atom. The van der Waals surface area contributed by atoms with Crippen LogP contribution in [-0.4, -0.2) is 56.4 Å². The number of rotatable bonds is 6. The highest BCUT2D eigenvalue weighted by Gasteiger charge is 2.48. The number of hydrogen-bond acceptors (Lipinski definition) is 6. The fraction of sp³-hybridized carbons (Fsp3) is 0.533. The zero-order chi connectivity index (χ0) is 15.5. The lowest BCUT2D eigenvalue weighted by Gasteiger charge is -2.27. The molecule has 116 valence electrons. The first-order valence-corrected chi connectivity index (χ1v) is 7.03. The van der Waals surface area contributed by atoms with Crippen LogP contribution in [0.15, 0.2) is 18.2 Å². The van der Waals surface area contributed by atoms with E-state index >= 15 is 0 Å². The number of benzene rings is 1. The average molecular weight is 294 g/mol. The molecule has 0 bridgehead atoms. The van der Waals surface area contributed by atoms with Gasteiger partial charge in [0, 0.05) is 24.7 Å². The summed E-state index contributed by atoms with van der Waals surface area (Å²) in [7, 11) is 3.94. The third-order valence-electron chi connectivity index (χ3n) is 3.48. The summed E-state index contributed by atoms with van der Waals surface area (Å²) in [5.74, 6) is 0.273. The van der Waals surface area contributed by atoms with Crippen LogP contribution in [0.2, 0.25) is 0 Å². The van der Waals surface area contributed by atoms with E-state index in [4.69, 9.17) is 9.47 Å². The molecule has 1 unspecified atom stereocenters. The SMILES string of the molecule is CCOC(=O)C1(NCCN(C)C)COc2cc(O)ccc21. The third-order valence-corrected chi connectivity index (χ3v) is 3.48. The van der Waals surface area contributed by atoms with Crippen LogP contribution in [0.25, 0.3) is 0 Å². The summed E-state index contributed by atoms with van der Waals surface area (Å²) in [5, 5.41) is 12.8. The van der Waals surface area contributed by atoms with Gasteiger partial charge in [-0.3, -0.25) is 5.32 Å². The molecule has 0 fully saturated rings. The highest BCUT2D eigenvalue weighted by molar-refractivity contribution is 5.85. The van der Waals surface area contributed by atoms with Crippen molar-refractivity contribution in [2.45, 2.75) is 12.5 Å². The summed E-state index contributed by atoms with van der Waals surface area (Å²) in [4.78, 5) is 14.5. The van der Waals surface area contributed by atoms with Crippen molar-refractivity contribution in [1.82, 2.24) is 10.2 Å². The van der Waals surface area contributed by atoms with Crippen molar-refractivity contribution < 1.29 is 19.4 Å². The Hall–Kier alpha value is -1.79. The van der Waals surface area contributed by atoms with Crippen LogP contribution in [0.3, 0.4) is 0 Å². The number of hydrogen-bond donors (Lipinski definition) is 2. The molecule has 1 aliphatic heterocycles. The van der Waals surface area contributed by atoms with E-state index in [1.807, 2.05) is 19.0 Å². The zero-order valence-electron chi connectivity index (χ0n) is 12.7. The van der Waals surface area contributed by atoms with Gasteiger partial charge >= 0.3 is 5.97 Å². The molecular weight excluding hydrogens is 272 g/mol. The van der Waals surface area contributed by atoms with Crippen molar-refractivity contribution in [3.05, 3.63) is 23.8 Å². The van der Waals surface area contributed by atoms with E-state index in [0.717, 1.165) is 6.54 Å². The van der Waals surface area contributed by atoms with E-state index in [0.29, 0.717) is 24.5 Å². The highest BCUT2D eigenvalue weighted by Crippen LogP contribution is 2.39. The van der Waals surface area contributed by atoms with Crippen molar-refractivity contribution in [1.29, 1.82) is 0 Å². The Morgan fingerprint density at radius 1 is 1.52 bits per heavy atom. The number of ether oxygens (including phenoxy) is 2. The number of esters is 1. The van der Waals surface area contributed by atoms with Gasteiger partial charge in [-0.05, 0) is 33.2 Å². The van der Waals surface area contributed by atoms with Crippen molar-refractivity contribution >= 4 is 5.97 Å². The first-order chi connectivity index (χ1) is 9.99. The molecule has 1 aliphatic rings. The van der Waals surface area contributed by atoms with Crippen LogP contribution >= 0.6 is 0 Å². The van der Waals surface area contributed by atoms with Gasteiger partial charge in [0.25, 0.3) is 0 Å². The number of likely N-dealkylation sites (N-methyl/N-ethyl adjacent to an activating group) is 1. The predicted molar refractivity (Wildman–Crippen MR) is 78.5 cm³/mol. The minimum atomic E-state index is -1.00. The van der Waals surface area contributed by atoms with Crippen molar-refractivity contribution in [2.24, 2.45) is 0 Å². The summed E-state index contributed by atoms with van der Waals surface area (Å²) in [6.07, 6.45) is 0. The number of fused-ring (bicyclic) bond motifs is 1. The number of carbonyl (C=O) groups is 1. The lowest BCUT2D eigenvalue weighted by molar-refractivity contribution is -0.152. The molecule has 2 rings (SSSR count). The Kier molecular flexibility index (Phi) is 4.69. The lowest BCUT2D eigenvalue weighted by atomic mass is 9.91. The van der Waals surface area contributed by atoms with Crippen molar-refractivity contribution in [3.63, 3.8) is 0 Å². The molecule has 0 aliphatic carbocycles. The lowest BCUT2D eigenvalue weighted by Crippen LogP contribution is -2.53. The Morgan fingerprint density at radius 2 is 2.29 bits per heavy atom. The fourth-order valence-corrected chi connectivity index (χ4v) is 2.38. The first-order valence-electron chi connectivity index (χ1n) is 7.03. The normalized spacial score (nSPS) is 20.2. The standard InChI is InChI=1S/C15H22N2O4/c1-4-20-14(19)15(16-7-8-17(2)3)10-21-13-9-11(18)5-6-12(13)15/h5-6,9,16,18H,4,7-8,10H2,1-3H3. The molecule has 6 heteroatoms. The van der Waals surface area contributed by atoms with Gasteiger partial charge in [0.15, 0.2) is 5.54 Å². The number of nitrogens with one attached hydrogen (secondary N) is 1. The second-order valence-electron chi connectivity index (χ2n) is 5.32. The van der Waals surface area contributed by atoms with E-state index in [1.54, 1.807) is 19.1 Å². The minimum absolute atomic E-state index is 0.113. The van der Waals surface area contributed by atoms with Crippen molar-refractivity contribution in [3.8, 4) is 11.5 Å². The van der Waals surface area contributed by atoms with E-state index in [-0.39, 0.29) is 18.3 Å². The summed E-state index contributed by atoms with van der Waals surface area (Å²) in [6.45, 7) is 3.66. The molecule has 0 saturated heterocycles. The van der Waals surface area contributed by atoms with Crippen LogP contribution in [0.5, 0.6) is 11.5 Å². The average Bonchev–Trinajstić information content (AvgIpc) is 2.78. The molecule has 0 saturated carbocycles. The molecular formula is C15H22N2O4. The van der Waals surface area contributed by atoms with Gasteiger partial charge in [-0.15, -0.1) is 0 Å². The van der Waals surface area contributed by atoms with Gasteiger partial charge in [0.1, 0.15) is 18.1 Å². The quantitative estimate of drug-likeness (QED) is 0.752. The molecule has 1 heterocycles. The van der Waals surface area contributed by atoms with Gasteiger partial charge in [0.2, 0.25) is 0 Å². The van der Waals surface area contributed by atoms with Gasteiger partial charge in [-0.1, -0.05) is 0 Å². The Bertz CT molecular complexity index is 518. The maximum absolute atomic E-state index is 12.4. The van der Waals surface area contributed by atoms with Crippen molar-refractivity contribution in [2.75, 3.05) is 40.4 Å². The van der Waals surface area contributed by atoms with Gasteiger partial charge in [-0.2, -0.15) is 0 Å². The topological polar surface area (TPSA) is 71.0 Å². The van der Waals surface area contributed by atoms with E-state index < -0.39 is 5.54 Å². The number of phenolic OH excluding ortho intramolecular Hbond substituents is 1. The number of phenols is 1. The molecule has 1 aromatic carbocycles.